The molecule has 3 nitrogen and oxygen atoms in total. The van der Waals surface area contributed by atoms with Crippen molar-refractivity contribution in [2.75, 3.05) is 6.61 Å². The minimum Gasteiger partial charge on any atom is -0.383 e. The number of hydrogen-bond donors (Lipinski definition) is 1. The molecule has 1 unspecified atom stereocenters. The van der Waals surface area contributed by atoms with Crippen molar-refractivity contribution in [2.45, 2.75) is 57.7 Å². The van der Waals surface area contributed by atoms with Crippen LogP contribution in [0.4, 0.5) is 0 Å². The van der Waals surface area contributed by atoms with Crippen LogP contribution in [0.25, 0.3) is 0 Å². The molecule has 1 saturated heterocycles. The summed E-state index contributed by atoms with van der Waals surface area (Å²) in [6.07, 6.45) is 4.85. The number of ether oxygens (including phenoxy) is 1. The molecule has 3 heteroatoms. The SMILES string of the molecule is CC(C)(O)C(=O)CCCC1CCCO1. The molecule has 0 aromatic carbocycles. The zero-order valence-corrected chi connectivity index (χ0v) is 9.08. The van der Waals surface area contributed by atoms with Gasteiger partial charge in [0.15, 0.2) is 5.78 Å². The molecule has 82 valence electrons. The van der Waals surface area contributed by atoms with E-state index in [-0.39, 0.29) is 5.78 Å². The molecule has 0 radical (unpaired) electrons. The number of rotatable bonds is 5. The predicted molar refractivity (Wildman–Crippen MR) is 54.1 cm³/mol. The molecule has 1 heterocycles. The van der Waals surface area contributed by atoms with Crippen LogP contribution >= 0.6 is 0 Å². The lowest BCUT2D eigenvalue weighted by Gasteiger charge is -2.15. The minimum atomic E-state index is -1.17. The van der Waals surface area contributed by atoms with E-state index in [9.17, 15) is 9.90 Å². The molecule has 1 aliphatic heterocycles. The van der Waals surface area contributed by atoms with Gasteiger partial charge in [-0.05, 0) is 39.5 Å². The smallest absolute Gasteiger partial charge is 0.163 e. The fourth-order valence-electron chi connectivity index (χ4n) is 1.67. The summed E-state index contributed by atoms with van der Waals surface area (Å²) < 4.78 is 5.45. The first-order chi connectivity index (χ1) is 6.50. The molecule has 0 saturated carbocycles. The number of hydrogen-bond acceptors (Lipinski definition) is 3. The molecule has 14 heavy (non-hydrogen) atoms. The maximum Gasteiger partial charge on any atom is 0.163 e. The highest BCUT2D eigenvalue weighted by Gasteiger charge is 2.23. The second-order valence-corrected chi connectivity index (χ2v) is 4.51. The largest absolute Gasteiger partial charge is 0.383 e. The number of aliphatic hydroxyl groups is 1. The molecule has 1 atom stereocenters. The van der Waals surface area contributed by atoms with Gasteiger partial charge in [0.25, 0.3) is 0 Å². The van der Waals surface area contributed by atoms with Crippen LogP contribution < -0.4 is 0 Å². The van der Waals surface area contributed by atoms with Crippen molar-refractivity contribution >= 4 is 5.78 Å². The van der Waals surface area contributed by atoms with Crippen molar-refractivity contribution in [3.63, 3.8) is 0 Å². The third-order valence-corrected chi connectivity index (χ3v) is 2.64. The van der Waals surface area contributed by atoms with Gasteiger partial charge in [-0.3, -0.25) is 4.79 Å². The molecular formula is C11H20O3. The lowest BCUT2D eigenvalue weighted by molar-refractivity contribution is -0.134. The van der Waals surface area contributed by atoms with Gasteiger partial charge in [-0.2, -0.15) is 0 Å². The Labute approximate surface area is 85.5 Å². The van der Waals surface area contributed by atoms with Crippen molar-refractivity contribution in [2.24, 2.45) is 0 Å². The molecule has 0 aromatic heterocycles. The Balaban J connectivity index is 2.11. The van der Waals surface area contributed by atoms with Crippen LogP contribution in [-0.2, 0) is 9.53 Å². The van der Waals surface area contributed by atoms with Gasteiger partial charge >= 0.3 is 0 Å². The third kappa shape index (κ3) is 3.76. The van der Waals surface area contributed by atoms with E-state index in [0.717, 1.165) is 32.3 Å². The van der Waals surface area contributed by atoms with Crippen molar-refractivity contribution in [1.82, 2.24) is 0 Å². The van der Waals surface area contributed by atoms with Crippen molar-refractivity contribution < 1.29 is 14.6 Å². The Morgan fingerprint density at radius 3 is 2.79 bits per heavy atom. The number of carbonyl (C=O) groups excluding carboxylic acids is 1. The molecule has 1 aliphatic rings. The number of ketones is 1. The highest BCUT2D eigenvalue weighted by atomic mass is 16.5. The average molecular weight is 200 g/mol. The highest BCUT2D eigenvalue weighted by molar-refractivity contribution is 5.86. The maximum absolute atomic E-state index is 11.3. The minimum absolute atomic E-state index is 0.0736. The van der Waals surface area contributed by atoms with Crippen molar-refractivity contribution in [3.8, 4) is 0 Å². The lowest BCUT2D eigenvalue weighted by atomic mass is 9.98. The topological polar surface area (TPSA) is 46.5 Å². The van der Waals surface area contributed by atoms with E-state index in [1.807, 2.05) is 0 Å². The summed E-state index contributed by atoms with van der Waals surface area (Å²) in [4.78, 5) is 11.3. The summed E-state index contributed by atoms with van der Waals surface area (Å²) in [6.45, 7) is 3.95. The van der Waals surface area contributed by atoms with Crippen LogP contribution in [-0.4, -0.2) is 29.2 Å². The Hall–Kier alpha value is -0.410. The Morgan fingerprint density at radius 2 is 2.29 bits per heavy atom. The van der Waals surface area contributed by atoms with Gasteiger partial charge in [0.2, 0.25) is 0 Å². The van der Waals surface area contributed by atoms with Crippen LogP contribution in [0, 0.1) is 0 Å². The van der Waals surface area contributed by atoms with Gasteiger partial charge < -0.3 is 9.84 Å². The Morgan fingerprint density at radius 1 is 1.57 bits per heavy atom. The second-order valence-electron chi connectivity index (χ2n) is 4.51. The van der Waals surface area contributed by atoms with Gasteiger partial charge in [0, 0.05) is 13.0 Å². The predicted octanol–water partition coefficient (Wildman–Crippen LogP) is 1.68. The summed E-state index contributed by atoms with van der Waals surface area (Å²) in [5.41, 5.74) is -1.17. The maximum atomic E-state index is 11.3. The van der Waals surface area contributed by atoms with E-state index in [0.29, 0.717) is 12.5 Å². The summed E-state index contributed by atoms with van der Waals surface area (Å²) in [5.74, 6) is -0.0736. The zero-order chi connectivity index (χ0) is 10.6. The molecule has 0 aliphatic carbocycles. The quantitative estimate of drug-likeness (QED) is 0.734. The van der Waals surface area contributed by atoms with Gasteiger partial charge in [-0.15, -0.1) is 0 Å². The number of carbonyl (C=O) groups is 1. The van der Waals surface area contributed by atoms with E-state index >= 15 is 0 Å². The van der Waals surface area contributed by atoms with Gasteiger partial charge in [-0.1, -0.05) is 0 Å². The molecule has 0 bridgehead atoms. The lowest BCUT2D eigenvalue weighted by Crippen LogP contribution is -2.30. The Kier molecular flexibility index (Phi) is 4.08. The zero-order valence-electron chi connectivity index (χ0n) is 9.08. The van der Waals surface area contributed by atoms with Crippen LogP contribution in [0.5, 0.6) is 0 Å². The summed E-state index contributed by atoms with van der Waals surface area (Å²) >= 11 is 0. The monoisotopic (exact) mass is 200 g/mol. The van der Waals surface area contributed by atoms with Crippen LogP contribution in [0.2, 0.25) is 0 Å². The van der Waals surface area contributed by atoms with Crippen LogP contribution in [0.3, 0.4) is 0 Å². The first-order valence-corrected chi connectivity index (χ1v) is 5.37. The van der Waals surface area contributed by atoms with E-state index in [2.05, 4.69) is 0 Å². The molecule has 0 amide bonds. The molecule has 1 rings (SSSR count). The van der Waals surface area contributed by atoms with Gasteiger partial charge in [0.1, 0.15) is 5.60 Å². The van der Waals surface area contributed by atoms with Crippen molar-refractivity contribution in [1.29, 1.82) is 0 Å². The fourth-order valence-corrected chi connectivity index (χ4v) is 1.67. The van der Waals surface area contributed by atoms with E-state index < -0.39 is 5.60 Å². The Bertz CT molecular complexity index is 187. The second kappa shape index (κ2) is 4.89. The van der Waals surface area contributed by atoms with Crippen molar-refractivity contribution in [3.05, 3.63) is 0 Å². The van der Waals surface area contributed by atoms with Crippen LogP contribution in [0.15, 0.2) is 0 Å². The van der Waals surface area contributed by atoms with Gasteiger partial charge in [-0.25, -0.2) is 0 Å². The third-order valence-electron chi connectivity index (χ3n) is 2.64. The molecule has 1 N–H and O–H groups in total. The molecule has 0 spiro atoms. The first kappa shape index (κ1) is 11.7. The van der Waals surface area contributed by atoms with E-state index in [1.165, 1.54) is 0 Å². The number of Topliss-reactive ketones (excluding diaryl/α,β-unsaturated/α-hetero) is 1. The highest BCUT2D eigenvalue weighted by Crippen LogP contribution is 2.18. The standard InChI is InChI=1S/C11H20O3/c1-11(2,13)10(12)7-3-5-9-6-4-8-14-9/h9,13H,3-8H2,1-2H3. The molecule has 0 aromatic rings. The van der Waals surface area contributed by atoms with Gasteiger partial charge in [0.05, 0.1) is 6.10 Å². The fraction of sp³-hybridized carbons (Fsp3) is 0.909. The normalized spacial score (nSPS) is 22.6. The first-order valence-electron chi connectivity index (χ1n) is 5.37. The average Bonchev–Trinajstić information content (AvgIpc) is 2.55. The summed E-state index contributed by atoms with van der Waals surface area (Å²) in [6, 6.07) is 0. The van der Waals surface area contributed by atoms with E-state index in [1.54, 1.807) is 13.8 Å². The summed E-state index contributed by atoms with van der Waals surface area (Å²) in [7, 11) is 0. The summed E-state index contributed by atoms with van der Waals surface area (Å²) in [5, 5.41) is 9.40. The van der Waals surface area contributed by atoms with Crippen LogP contribution in [0.1, 0.15) is 46.0 Å². The van der Waals surface area contributed by atoms with E-state index in [4.69, 9.17) is 4.74 Å². The molecule has 1 fully saturated rings. The molecular weight excluding hydrogens is 180 g/mol.